The zero-order valence-corrected chi connectivity index (χ0v) is 18.9. The number of piperidine rings is 2. The van der Waals surface area contributed by atoms with E-state index in [0.717, 1.165) is 42.9 Å². The maximum Gasteiger partial charge on any atom is 0.260 e. The van der Waals surface area contributed by atoms with Gasteiger partial charge >= 0.3 is 0 Å². The van der Waals surface area contributed by atoms with Crippen molar-refractivity contribution < 1.29 is 9.59 Å². The first-order valence-corrected chi connectivity index (χ1v) is 12.0. The highest BCUT2D eigenvalue weighted by molar-refractivity contribution is 6.11. The molecule has 1 unspecified atom stereocenters. The molecule has 2 amide bonds. The van der Waals surface area contributed by atoms with Crippen LogP contribution in [0.25, 0.3) is 0 Å². The molecule has 0 bridgehead atoms. The average molecular weight is 433 g/mol. The van der Waals surface area contributed by atoms with Crippen LogP contribution in [0.5, 0.6) is 0 Å². The highest BCUT2D eigenvalue weighted by Gasteiger charge is 2.41. The number of likely N-dealkylation sites (tertiary alicyclic amines) is 2. The van der Waals surface area contributed by atoms with Crippen molar-refractivity contribution in [3.63, 3.8) is 0 Å². The molecule has 0 saturated carbocycles. The molecule has 2 aromatic rings. The summed E-state index contributed by atoms with van der Waals surface area (Å²) in [6, 6.07) is 11.8. The Kier molecular flexibility index (Phi) is 5.96. The molecule has 6 nitrogen and oxygen atoms in total. The van der Waals surface area contributed by atoms with Crippen molar-refractivity contribution in [2.45, 2.75) is 57.5 Å². The molecule has 0 aliphatic carbocycles. The molecule has 0 N–H and O–H groups in total. The summed E-state index contributed by atoms with van der Waals surface area (Å²) < 4.78 is 0. The average Bonchev–Trinajstić information content (AvgIpc) is 3.11. The SMILES string of the molecule is Cc1cccc(N2C(=O)c3cccnc3C2CC(=O)N2CCC(N3CCCCC3)CC2)c1. The van der Waals surface area contributed by atoms with E-state index in [4.69, 9.17) is 0 Å². The van der Waals surface area contributed by atoms with Gasteiger partial charge in [0.05, 0.1) is 23.7 Å². The van der Waals surface area contributed by atoms with Crippen LogP contribution in [-0.2, 0) is 4.79 Å². The van der Waals surface area contributed by atoms with Crippen molar-refractivity contribution in [2.75, 3.05) is 31.1 Å². The summed E-state index contributed by atoms with van der Waals surface area (Å²) in [5, 5.41) is 0. The molecular weight excluding hydrogens is 400 g/mol. The number of carbonyl (C=O) groups excluding carboxylic acids is 2. The monoisotopic (exact) mass is 432 g/mol. The molecule has 2 fully saturated rings. The van der Waals surface area contributed by atoms with Crippen molar-refractivity contribution in [2.24, 2.45) is 0 Å². The molecule has 6 heteroatoms. The molecule has 1 aromatic carbocycles. The third kappa shape index (κ3) is 4.04. The Labute approximate surface area is 190 Å². The second-order valence-corrected chi connectivity index (χ2v) is 9.38. The number of benzene rings is 1. The first-order valence-electron chi connectivity index (χ1n) is 12.0. The number of nitrogens with zero attached hydrogens (tertiary/aromatic N) is 4. The van der Waals surface area contributed by atoms with Crippen molar-refractivity contribution in [3.8, 4) is 0 Å². The van der Waals surface area contributed by atoms with E-state index in [1.807, 2.05) is 42.2 Å². The second kappa shape index (κ2) is 9.02. The van der Waals surface area contributed by atoms with E-state index < -0.39 is 0 Å². The predicted molar refractivity (Wildman–Crippen MR) is 125 cm³/mol. The molecule has 1 aromatic heterocycles. The molecule has 2 saturated heterocycles. The summed E-state index contributed by atoms with van der Waals surface area (Å²) >= 11 is 0. The normalized spacial score (nSPS) is 22.3. The summed E-state index contributed by atoms with van der Waals surface area (Å²) in [6.45, 7) is 6.04. The maximum absolute atomic E-state index is 13.3. The van der Waals surface area contributed by atoms with Crippen molar-refractivity contribution >= 4 is 17.5 Å². The summed E-state index contributed by atoms with van der Waals surface area (Å²) in [4.78, 5) is 37.5. The standard InChI is InChI=1S/C26H32N4O2/c1-19-7-5-8-21(17-19)30-23(25-22(26(30)32)9-6-12-27-25)18-24(31)29-15-10-20(11-16-29)28-13-3-2-4-14-28/h5-9,12,17,20,23H,2-4,10-11,13-16,18H2,1H3. The summed E-state index contributed by atoms with van der Waals surface area (Å²) in [7, 11) is 0. The second-order valence-electron chi connectivity index (χ2n) is 9.38. The fraction of sp³-hybridized carbons (Fsp3) is 0.500. The van der Waals surface area contributed by atoms with E-state index in [0.29, 0.717) is 11.6 Å². The lowest BCUT2D eigenvalue weighted by molar-refractivity contribution is -0.133. The van der Waals surface area contributed by atoms with Crippen LogP contribution in [0.2, 0.25) is 0 Å². The lowest BCUT2D eigenvalue weighted by atomic mass is 9.99. The van der Waals surface area contributed by atoms with Crippen LogP contribution in [0, 0.1) is 6.92 Å². The minimum absolute atomic E-state index is 0.0692. The first-order chi connectivity index (χ1) is 15.6. The van der Waals surface area contributed by atoms with E-state index in [9.17, 15) is 9.59 Å². The third-order valence-corrected chi connectivity index (χ3v) is 7.29. The Balaban J connectivity index is 1.31. The Bertz CT molecular complexity index is 993. The number of hydrogen-bond acceptors (Lipinski definition) is 4. The highest BCUT2D eigenvalue weighted by atomic mass is 16.2. The fourth-order valence-corrected chi connectivity index (χ4v) is 5.58. The van der Waals surface area contributed by atoms with Crippen molar-refractivity contribution in [3.05, 3.63) is 59.4 Å². The smallest absolute Gasteiger partial charge is 0.260 e. The summed E-state index contributed by atoms with van der Waals surface area (Å²) in [6.07, 6.45) is 8.04. The predicted octanol–water partition coefficient (Wildman–Crippen LogP) is 3.96. The van der Waals surface area contributed by atoms with Crippen molar-refractivity contribution in [1.29, 1.82) is 0 Å². The first kappa shape index (κ1) is 21.1. The van der Waals surface area contributed by atoms with Gasteiger partial charge in [-0.1, -0.05) is 18.6 Å². The summed E-state index contributed by atoms with van der Waals surface area (Å²) in [5.74, 6) is 0.0522. The van der Waals surface area contributed by atoms with Crippen LogP contribution in [-0.4, -0.2) is 58.8 Å². The number of rotatable bonds is 4. The molecule has 1 atom stereocenters. The molecule has 32 heavy (non-hydrogen) atoms. The number of fused-ring (bicyclic) bond motifs is 1. The number of amides is 2. The molecule has 3 aliphatic heterocycles. The maximum atomic E-state index is 13.3. The Hall–Kier alpha value is -2.73. The van der Waals surface area contributed by atoms with Gasteiger partial charge < -0.3 is 9.80 Å². The molecule has 3 aliphatic rings. The number of aryl methyl sites for hydroxylation is 1. The molecule has 168 valence electrons. The van der Waals surface area contributed by atoms with Crippen LogP contribution in [0.3, 0.4) is 0 Å². The zero-order chi connectivity index (χ0) is 22.1. The van der Waals surface area contributed by atoms with Crippen molar-refractivity contribution in [1.82, 2.24) is 14.8 Å². The van der Waals surface area contributed by atoms with Gasteiger partial charge in [0, 0.05) is 31.0 Å². The van der Waals surface area contributed by atoms with Gasteiger partial charge in [0.15, 0.2) is 0 Å². The molecule has 4 heterocycles. The van der Waals surface area contributed by atoms with Gasteiger partial charge in [-0.3, -0.25) is 19.5 Å². The van der Waals surface area contributed by atoms with Crippen LogP contribution < -0.4 is 4.90 Å². The van der Waals surface area contributed by atoms with Crippen LogP contribution in [0.1, 0.15) is 66.2 Å². The van der Waals surface area contributed by atoms with Gasteiger partial charge in [-0.15, -0.1) is 0 Å². The molecule has 0 spiro atoms. The summed E-state index contributed by atoms with van der Waals surface area (Å²) in [5.41, 5.74) is 3.24. The third-order valence-electron chi connectivity index (χ3n) is 7.29. The Morgan fingerprint density at radius 3 is 2.56 bits per heavy atom. The lowest BCUT2D eigenvalue weighted by Gasteiger charge is -2.40. The van der Waals surface area contributed by atoms with Crippen LogP contribution >= 0.6 is 0 Å². The Morgan fingerprint density at radius 1 is 1.03 bits per heavy atom. The zero-order valence-electron chi connectivity index (χ0n) is 18.9. The quantitative estimate of drug-likeness (QED) is 0.734. The minimum Gasteiger partial charge on any atom is -0.343 e. The van der Waals surface area contributed by atoms with Crippen LogP contribution in [0.15, 0.2) is 42.6 Å². The van der Waals surface area contributed by atoms with Gasteiger partial charge in [0.2, 0.25) is 5.91 Å². The number of hydrogen-bond donors (Lipinski definition) is 0. The van der Waals surface area contributed by atoms with E-state index in [1.165, 1.54) is 32.4 Å². The van der Waals surface area contributed by atoms with E-state index in [-0.39, 0.29) is 24.3 Å². The lowest BCUT2D eigenvalue weighted by Crippen LogP contribution is -2.48. The van der Waals surface area contributed by atoms with Gasteiger partial charge in [0.1, 0.15) is 0 Å². The number of pyridine rings is 1. The number of anilines is 1. The van der Waals surface area contributed by atoms with E-state index in [1.54, 1.807) is 17.2 Å². The van der Waals surface area contributed by atoms with E-state index >= 15 is 0 Å². The molecule has 0 radical (unpaired) electrons. The minimum atomic E-state index is -0.354. The number of carbonyl (C=O) groups is 2. The van der Waals surface area contributed by atoms with Gasteiger partial charge in [0.25, 0.3) is 5.91 Å². The fourth-order valence-electron chi connectivity index (χ4n) is 5.58. The number of aromatic nitrogens is 1. The molecule has 5 rings (SSSR count). The van der Waals surface area contributed by atoms with Gasteiger partial charge in [-0.25, -0.2) is 0 Å². The highest BCUT2D eigenvalue weighted by Crippen LogP contribution is 2.39. The van der Waals surface area contributed by atoms with Gasteiger partial charge in [-0.05, 0) is 75.5 Å². The Morgan fingerprint density at radius 2 is 1.81 bits per heavy atom. The topological polar surface area (TPSA) is 56.8 Å². The molecular formula is C26H32N4O2. The largest absolute Gasteiger partial charge is 0.343 e. The van der Waals surface area contributed by atoms with E-state index in [2.05, 4.69) is 9.88 Å². The van der Waals surface area contributed by atoms with Gasteiger partial charge in [-0.2, -0.15) is 0 Å². The van der Waals surface area contributed by atoms with Crippen LogP contribution in [0.4, 0.5) is 5.69 Å².